The maximum Gasteiger partial charge on any atom is 0.206 e. The Morgan fingerprint density at radius 2 is 1.69 bits per heavy atom. The highest BCUT2D eigenvalue weighted by molar-refractivity contribution is 9.10. The van der Waals surface area contributed by atoms with Gasteiger partial charge < -0.3 is 15.3 Å². The molecule has 0 aliphatic carbocycles. The highest BCUT2D eigenvalue weighted by atomic mass is 79.9. The quantitative estimate of drug-likeness (QED) is 0.331. The number of benzene rings is 3. The Morgan fingerprint density at radius 3 is 2.52 bits per heavy atom. The molecule has 0 fully saturated rings. The molecule has 0 unspecified atom stereocenters. The Morgan fingerprint density at radius 1 is 0.897 bits per heavy atom. The van der Waals surface area contributed by atoms with E-state index in [2.05, 4.69) is 36.2 Å². The van der Waals surface area contributed by atoms with Crippen LogP contribution in [0, 0.1) is 0 Å². The van der Waals surface area contributed by atoms with Crippen LogP contribution in [0.3, 0.4) is 0 Å². The van der Waals surface area contributed by atoms with Crippen LogP contribution in [0.4, 0.5) is 11.6 Å². The zero-order valence-electron chi connectivity index (χ0n) is 15.0. The van der Waals surface area contributed by atoms with E-state index in [1.165, 1.54) is 0 Å². The summed E-state index contributed by atoms with van der Waals surface area (Å²) < 4.78 is 26.7. The number of fused-ring (bicyclic) bond motifs is 2. The highest BCUT2D eigenvalue weighted by Gasteiger charge is 2.18. The van der Waals surface area contributed by atoms with E-state index in [-0.39, 0.29) is 9.79 Å². The third-order valence-corrected chi connectivity index (χ3v) is 6.98. The number of nitrogens with zero attached hydrogens (tertiary/aromatic N) is 1. The number of aromatic amines is 2. The van der Waals surface area contributed by atoms with Crippen molar-refractivity contribution in [2.45, 2.75) is 9.79 Å². The zero-order valence-corrected chi connectivity index (χ0v) is 17.4. The third kappa shape index (κ3) is 3.20. The molecule has 5 aromatic rings. The zero-order chi connectivity index (χ0) is 20.0. The number of sulfone groups is 1. The third-order valence-electron chi connectivity index (χ3n) is 4.72. The van der Waals surface area contributed by atoms with E-state index in [0.29, 0.717) is 11.5 Å². The minimum absolute atomic E-state index is 0.213. The molecular formula is C21H15BrN4O2S. The number of imidazole rings is 1. The lowest BCUT2D eigenvalue weighted by molar-refractivity contribution is 0.596. The topological polar surface area (TPSA) is 90.6 Å². The number of anilines is 2. The average molecular weight is 467 g/mol. The number of halogens is 1. The monoisotopic (exact) mass is 466 g/mol. The summed E-state index contributed by atoms with van der Waals surface area (Å²) in [5, 5.41) is 4.29. The van der Waals surface area contributed by atoms with Crippen LogP contribution in [0.2, 0.25) is 0 Å². The van der Waals surface area contributed by atoms with Crippen LogP contribution in [0.15, 0.2) is 87.2 Å². The van der Waals surface area contributed by atoms with Gasteiger partial charge in [-0.05, 0) is 48.5 Å². The average Bonchev–Trinajstić information content (AvgIpc) is 3.31. The number of hydrogen-bond acceptors (Lipinski definition) is 4. The number of H-pyrrole nitrogens is 2. The molecule has 0 aliphatic rings. The van der Waals surface area contributed by atoms with Gasteiger partial charge in [-0.1, -0.05) is 34.1 Å². The van der Waals surface area contributed by atoms with Gasteiger partial charge in [-0.3, -0.25) is 0 Å². The first-order valence-corrected chi connectivity index (χ1v) is 11.1. The Labute approximate surface area is 175 Å². The van der Waals surface area contributed by atoms with Gasteiger partial charge in [0.15, 0.2) is 0 Å². The summed E-state index contributed by atoms with van der Waals surface area (Å²) in [7, 11) is -3.59. The van der Waals surface area contributed by atoms with Crippen molar-refractivity contribution in [3.8, 4) is 0 Å². The lowest BCUT2D eigenvalue weighted by Crippen LogP contribution is -2.01. The first kappa shape index (κ1) is 18.0. The van der Waals surface area contributed by atoms with E-state index >= 15 is 0 Å². The van der Waals surface area contributed by atoms with Gasteiger partial charge in [-0.15, -0.1) is 0 Å². The molecule has 3 aromatic carbocycles. The number of aromatic nitrogens is 3. The number of nitrogens with one attached hydrogen (secondary N) is 3. The number of rotatable bonds is 4. The maximum atomic E-state index is 12.9. The molecule has 2 heterocycles. The Bertz CT molecular complexity index is 1460. The van der Waals surface area contributed by atoms with E-state index < -0.39 is 9.84 Å². The second-order valence-corrected chi connectivity index (χ2v) is 9.46. The molecule has 0 saturated carbocycles. The summed E-state index contributed by atoms with van der Waals surface area (Å²) >= 11 is 3.49. The summed E-state index contributed by atoms with van der Waals surface area (Å²) in [6.07, 6.45) is 1.87. The van der Waals surface area contributed by atoms with Crippen LogP contribution in [-0.4, -0.2) is 23.4 Å². The number of hydrogen-bond donors (Lipinski definition) is 3. The molecule has 0 bridgehead atoms. The molecule has 0 spiro atoms. The summed E-state index contributed by atoms with van der Waals surface area (Å²) in [6, 6.07) is 19.3. The van der Waals surface area contributed by atoms with Crippen LogP contribution >= 0.6 is 15.9 Å². The van der Waals surface area contributed by atoms with Crippen molar-refractivity contribution < 1.29 is 8.42 Å². The van der Waals surface area contributed by atoms with Gasteiger partial charge in [0.1, 0.15) is 0 Å². The molecule has 0 amide bonds. The van der Waals surface area contributed by atoms with E-state index in [9.17, 15) is 8.42 Å². The van der Waals surface area contributed by atoms with Gasteiger partial charge >= 0.3 is 0 Å². The van der Waals surface area contributed by atoms with E-state index in [1.807, 2.05) is 24.4 Å². The Hall–Kier alpha value is -3.10. The molecule has 0 radical (unpaired) electrons. The molecule has 144 valence electrons. The summed E-state index contributed by atoms with van der Waals surface area (Å²) in [6.45, 7) is 0. The molecule has 2 aromatic heterocycles. The molecule has 6 nitrogen and oxygen atoms in total. The maximum absolute atomic E-state index is 12.9. The van der Waals surface area contributed by atoms with Crippen LogP contribution in [-0.2, 0) is 9.84 Å². The van der Waals surface area contributed by atoms with Gasteiger partial charge in [0.05, 0.1) is 26.5 Å². The van der Waals surface area contributed by atoms with Crippen LogP contribution in [0.5, 0.6) is 0 Å². The first-order chi connectivity index (χ1) is 14.0. The standard InChI is InChI=1S/C21H15BrN4O2S/c22-13-6-8-17-16(10-13)20(12-23-17)26-21-24-18-9-7-15(11-19(18)25-21)29(27,28)14-4-2-1-3-5-14/h1-12,23H,(H2,24,25,26). The van der Waals surface area contributed by atoms with Crippen molar-refractivity contribution in [1.29, 1.82) is 0 Å². The van der Waals surface area contributed by atoms with Crippen molar-refractivity contribution in [3.63, 3.8) is 0 Å². The highest BCUT2D eigenvalue weighted by Crippen LogP contribution is 2.29. The van der Waals surface area contributed by atoms with E-state index in [4.69, 9.17) is 0 Å². The molecular weight excluding hydrogens is 452 g/mol. The largest absolute Gasteiger partial charge is 0.359 e. The molecule has 29 heavy (non-hydrogen) atoms. The predicted molar refractivity (Wildman–Crippen MR) is 117 cm³/mol. The van der Waals surface area contributed by atoms with Crippen molar-refractivity contribution in [2.24, 2.45) is 0 Å². The molecule has 0 aliphatic heterocycles. The second-order valence-electron chi connectivity index (χ2n) is 6.60. The molecule has 0 atom stereocenters. The van der Waals surface area contributed by atoms with E-state index in [1.54, 1.807) is 48.5 Å². The Balaban J connectivity index is 1.52. The van der Waals surface area contributed by atoms with E-state index in [0.717, 1.165) is 26.6 Å². The smallest absolute Gasteiger partial charge is 0.206 e. The molecule has 8 heteroatoms. The van der Waals surface area contributed by atoms with Gasteiger partial charge in [0, 0.05) is 21.6 Å². The van der Waals surface area contributed by atoms with Gasteiger partial charge in [0.2, 0.25) is 15.8 Å². The summed E-state index contributed by atoms with van der Waals surface area (Å²) in [4.78, 5) is 11.4. The minimum Gasteiger partial charge on any atom is -0.359 e. The predicted octanol–water partition coefficient (Wildman–Crippen LogP) is 5.38. The van der Waals surface area contributed by atoms with Gasteiger partial charge in [-0.2, -0.15) is 0 Å². The van der Waals surface area contributed by atoms with Crippen molar-refractivity contribution in [3.05, 3.63) is 77.4 Å². The fourth-order valence-corrected chi connectivity index (χ4v) is 4.93. The normalized spacial score (nSPS) is 11.9. The summed E-state index contributed by atoms with van der Waals surface area (Å²) in [5.74, 6) is 0.537. The van der Waals surface area contributed by atoms with Crippen LogP contribution in [0.25, 0.3) is 21.9 Å². The minimum atomic E-state index is -3.59. The van der Waals surface area contributed by atoms with Gasteiger partial charge in [-0.25, -0.2) is 13.4 Å². The Kier molecular flexibility index (Phi) is 4.18. The SMILES string of the molecule is O=S(=O)(c1ccccc1)c1ccc2[nH]c(Nc3c[nH]c4ccc(Br)cc34)nc2c1. The summed E-state index contributed by atoms with van der Waals surface area (Å²) in [5.41, 5.74) is 3.20. The lowest BCUT2D eigenvalue weighted by Gasteiger charge is -2.03. The van der Waals surface area contributed by atoms with Crippen LogP contribution < -0.4 is 5.32 Å². The molecule has 3 N–H and O–H groups in total. The fourth-order valence-electron chi connectivity index (χ4n) is 3.27. The second kappa shape index (κ2) is 6.75. The lowest BCUT2D eigenvalue weighted by atomic mass is 10.2. The molecule has 5 rings (SSSR count). The molecule has 0 saturated heterocycles. The van der Waals surface area contributed by atoms with Crippen LogP contribution in [0.1, 0.15) is 0 Å². The fraction of sp³-hybridized carbons (Fsp3) is 0. The van der Waals surface area contributed by atoms with Gasteiger partial charge in [0.25, 0.3) is 0 Å². The van der Waals surface area contributed by atoms with Crippen molar-refractivity contribution >= 4 is 59.3 Å². The van der Waals surface area contributed by atoms with Crippen molar-refractivity contribution in [2.75, 3.05) is 5.32 Å². The first-order valence-electron chi connectivity index (χ1n) is 8.84. The van der Waals surface area contributed by atoms with Crippen molar-refractivity contribution in [1.82, 2.24) is 15.0 Å².